The van der Waals surface area contributed by atoms with E-state index in [9.17, 15) is 0 Å². The molecule has 0 aliphatic heterocycles. The van der Waals surface area contributed by atoms with Crippen molar-refractivity contribution in [2.24, 2.45) is 5.73 Å². The molecule has 0 amide bonds. The van der Waals surface area contributed by atoms with Gasteiger partial charge in [-0.05, 0) is 26.7 Å². The average molecular weight is 246 g/mol. The van der Waals surface area contributed by atoms with Gasteiger partial charge in [-0.15, -0.1) is 0 Å². The number of nitrogens with zero attached hydrogens (tertiary/aromatic N) is 2. The Kier molecular flexibility index (Phi) is 5.25. The van der Waals surface area contributed by atoms with Crippen LogP contribution in [0.1, 0.15) is 38.4 Å². The SMILES string of the molecule is CCn1ncc(Cl)c1C(N)CCC(C)OC. The molecule has 1 aromatic heterocycles. The highest BCUT2D eigenvalue weighted by Crippen LogP contribution is 2.24. The molecule has 0 spiro atoms. The summed E-state index contributed by atoms with van der Waals surface area (Å²) in [6.07, 6.45) is 3.64. The summed E-state index contributed by atoms with van der Waals surface area (Å²) in [4.78, 5) is 0. The predicted molar refractivity (Wildman–Crippen MR) is 65.5 cm³/mol. The Morgan fingerprint density at radius 3 is 2.81 bits per heavy atom. The summed E-state index contributed by atoms with van der Waals surface area (Å²) in [5, 5.41) is 4.83. The van der Waals surface area contributed by atoms with Crippen molar-refractivity contribution in [2.45, 2.75) is 45.4 Å². The Labute approximate surface area is 102 Å². The van der Waals surface area contributed by atoms with Crippen molar-refractivity contribution in [1.29, 1.82) is 0 Å². The quantitative estimate of drug-likeness (QED) is 0.837. The zero-order valence-corrected chi connectivity index (χ0v) is 10.9. The van der Waals surface area contributed by atoms with E-state index < -0.39 is 0 Å². The van der Waals surface area contributed by atoms with Crippen LogP contribution in [0.4, 0.5) is 0 Å². The first-order valence-corrected chi connectivity index (χ1v) is 5.97. The number of nitrogens with two attached hydrogens (primary N) is 1. The topological polar surface area (TPSA) is 53.1 Å². The molecule has 1 aromatic rings. The molecule has 2 N–H and O–H groups in total. The molecule has 2 atom stereocenters. The maximum Gasteiger partial charge on any atom is 0.0834 e. The number of ether oxygens (including phenoxy) is 1. The number of halogens is 1. The molecule has 1 heterocycles. The Morgan fingerprint density at radius 2 is 2.25 bits per heavy atom. The van der Waals surface area contributed by atoms with Crippen molar-refractivity contribution >= 4 is 11.6 Å². The van der Waals surface area contributed by atoms with Crippen molar-refractivity contribution in [3.05, 3.63) is 16.9 Å². The Morgan fingerprint density at radius 1 is 1.56 bits per heavy atom. The predicted octanol–water partition coefficient (Wildman–Crippen LogP) is 2.37. The average Bonchev–Trinajstić information content (AvgIpc) is 2.66. The minimum absolute atomic E-state index is 0.0763. The molecule has 0 radical (unpaired) electrons. The number of hydrogen-bond acceptors (Lipinski definition) is 3. The molecule has 16 heavy (non-hydrogen) atoms. The van der Waals surface area contributed by atoms with Gasteiger partial charge in [0.2, 0.25) is 0 Å². The normalized spacial score (nSPS) is 15.1. The van der Waals surface area contributed by atoms with Gasteiger partial charge < -0.3 is 10.5 Å². The van der Waals surface area contributed by atoms with E-state index in [1.165, 1.54) is 0 Å². The molecule has 0 saturated carbocycles. The molecular weight excluding hydrogens is 226 g/mol. The molecule has 4 nitrogen and oxygen atoms in total. The fourth-order valence-electron chi connectivity index (χ4n) is 1.66. The third-order valence-electron chi connectivity index (χ3n) is 2.77. The lowest BCUT2D eigenvalue weighted by molar-refractivity contribution is 0.107. The smallest absolute Gasteiger partial charge is 0.0834 e. The van der Waals surface area contributed by atoms with Gasteiger partial charge in [-0.3, -0.25) is 4.68 Å². The molecular formula is C11H20ClN3O. The van der Waals surface area contributed by atoms with Gasteiger partial charge in [-0.25, -0.2) is 0 Å². The van der Waals surface area contributed by atoms with Gasteiger partial charge in [0.15, 0.2) is 0 Å². The van der Waals surface area contributed by atoms with E-state index in [1.807, 2.05) is 18.5 Å². The van der Waals surface area contributed by atoms with Gasteiger partial charge in [0.25, 0.3) is 0 Å². The highest BCUT2D eigenvalue weighted by atomic mass is 35.5. The number of aromatic nitrogens is 2. The summed E-state index contributed by atoms with van der Waals surface area (Å²) in [5.41, 5.74) is 7.04. The first-order valence-electron chi connectivity index (χ1n) is 5.59. The van der Waals surface area contributed by atoms with Crippen molar-refractivity contribution in [3.63, 3.8) is 0 Å². The zero-order chi connectivity index (χ0) is 12.1. The summed E-state index contributed by atoms with van der Waals surface area (Å²) in [7, 11) is 1.71. The summed E-state index contributed by atoms with van der Waals surface area (Å²) in [5.74, 6) is 0. The molecule has 0 aliphatic rings. The second kappa shape index (κ2) is 6.23. The molecule has 2 unspecified atom stereocenters. The van der Waals surface area contributed by atoms with Crippen LogP contribution < -0.4 is 5.73 Å². The molecule has 0 aromatic carbocycles. The molecule has 0 saturated heterocycles. The molecule has 0 aliphatic carbocycles. The van der Waals surface area contributed by atoms with Crippen molar-refractivity contribution in [3.8, 4) is 0 Å². The lowest BCUT2D eigenvalue weighted by atomic mass is 10.1. The number of aryl methyl sites for hydroxylation is 1. The summed E-state index contributed by atoms with van der Waals surface area (Å²) < 4.78 is 7.05. The van der Waals surface area contributed by atoms with Gasteiger partial charge in [0, 0.05) is 19.7 Å². The summed E-state index contributed by atoms with van der Waals surface area (Å²) >= 11 is 6.07. The second-order valence-electron chi connectivity index (χ2n) is 3.92. The number of hydrogen-bond donors (Lipinski definition) is 1. The van der Waals surface area contributed by atoms with Crippen LogP contribution in [0.2, 0.25) is 5.02 Å². The maximum absolute atomic E-state index is 6.12. The van der Waals surface area contributed by atoms with Gasteiger partial charge in [0.05, 0.1) is 23.0 Å². The van der Waals surface area contributed by atoms with Gasteiger partial charge in [-0.1, -0.05) is 11.6 Å². The van der Waals surface area contributed by atoms with E-state index in [4.69, 9.17) is 22.1 Å². The molecule has 1 rings (SSSR count). The van der Waals surface area contributed by atoms with Crippen LogP contribution >= 0.6 is 11.6 Å². The van der Waals surface area contributed by atoms with Crippen LogP contribution in [0, 0.1) is 0 Å². The highest BCUT2D eigenvalue weighted by molar-refractivity contribution is 6.31. The van der Waals surface area contributed by atoms with Gasteiger partial charge in [-0.2, -0.15) is 5.10 Å². The second-order valence-corrected chi connectivity index (χ2v) is 4.33. The largest absolute Gasteiger partial charge is 0.382 e. The van der Waals surface area contributed by atoms with E-state index in [2.05, 4.69) is 5.10 Å². The van der Waals surface area contributed by atoms with Crippen molar-refractivity contribution in [2.75, 3.05) is 7.11 Å². The minimum Gasteiger partial charge on any atom is -0.382 e. The first kappa shape index (κ1) is 13.5. The van der Waals surface area contributed by atoms with Crippen LogP contribution in [0.25, 0.3) is 0 Å². The summed E-state index contributed by atoms with van der Waals surface area (Å²) in [6, 6.07) is -0.0763. The van der Waals surface area contributed by atoms with Crippen molar-refractivity contribution in [1.82, 2.24) is 9.78 Å². The number of rotatable bonds is 6. The first-order chi connectivity index (χ1) is 7.60. The van der Waals surface area contributed by atoms with E-state index >= 15 is 0 Å². The van der Waals surface area contributed by atoms with Crippen molar-refractivity contribution < 1.29 is 4.74 Å². The van der Waals surface area contributed by atoms with E-state index in [0.717, 1.165) is 25.1 Å². The van der Waals surface area contributed by atoms with Crippen LogP contribution in [-0.4, -0.2) is 23.0 Å². The third-order valence-corrected chi connectivity index (χ3v) is 3.06. The zero-order valence-electron chi connectivity index (χ0n) is 10.1. The van der Waals surface area contributed by atoms with E-state index in [0.29, 0.717) is 5.02 Å². The standard InChI is InChI=1S/C11H20ClN3O/c1-4-15-11(9(12)7-14-15)10(13)6-5-8(2)16-3/h7-8,10H,4-6,13H2,1-3H3. The minimum atomic E-state index is -0.0763. The fourth-order valence-corrected chi connectivity index (χ4v) is 1.94. The lowest BCUT2D eigenvalue weighted by Gasteiger charge is -2.16. The Hall–Kier alpha value is -0.580. The van der Waals surface area contributed by atoms with Crippen LogP contribution in [-0.2, 0) is 11.3 Å². The third kappa shape index (κ3) is 3.20. The molecule has 92 valence electrons. The lowest BCUT2D eigenvalue weighted by Crippen LogP contribution is -2.18. The van der Waals surface area contributed by atoms with Crippen LogP contribution in [0.3, 0.4) is 0 Å². The highest BCUT2D eigenvalue weighted by Gasteiger charge is 2.16. The fraction of sp³-hybridized carbons (Fsp3) is 0.727. The van der Waals surface area contributed by atoms with Gasteiger partial charge in [0.1, 0.15) is 0 Å². The maximum atomic E-state index is 6.12. The number of methoxy groups -OCH3 is 1. The molecule has 0 bridgehead atoms. The molecule has 5 heteroatoms. The van der Waals surface area contributed by atoms with Gasteiger partial charge >= 0.3 is 0 Å². The van der Waals surface area contributed by atoms with Crippen LogP contribution in [0.15, 0.2) is 6.20 Å². The summed E-state index contributed by atoms with van der Waals surface area (Å²) in [6.45, 7) is 4.85. The molecule has 0 fully saturated rings. The van der Waals surface area contributed by atoms with Crippen LogP contribution in [0.5, 0.6) is 0 Å². The van der Waals surface area contributed by atoms with E-state index in [1.54, 1.807) is 13.3 Å². The Balaban J connectivity index is 2.64. The Bertz CT molecular complexity index is 327. The monoisotopic (exact) mass is 245 g/mol. The van der Waals surface area contributed by atoms with E-state index in [-0.39, 0.29) is 12.1 Å².